The van der Waals surface area contributed by atoms with Gasteiger partial charge in [0, 0.05) is 6.04 Å². The molecule has 6 nitrogen and oxygen atoms in total. The van der Waals surface area contributed by atoms with Crippen molar-refractivity contribution in [1.29, 1.82) is 0 Å². The maximum Gasteiger partial charge on any atom is 0.341 e. The summed E-state index contributed by atoms with van der Waals surface area (Å²) in [5.41, 5.74) is 8.79. The van der Waals surface area contributed by atoms with Crippen molar-refractivity contribution in [1.82, 2.24) is 0 Å². The summed E-state index contributed by atoms with van der Waals surface area (Å²) in [5, 5.41) is 4.88. The van der Waals surface area contributed by atoms with Gasteiger partial charge in [-0.25, -0.2) is 4.79 Å². The summed E-state index contributed by atoms with van der Waals surface area (Å²) in [4.78, 5) is 23.7. The molecule has 0 saturated carbocycles. The van der Waals surface area contributed by atoms with Crippen molar-refractivity contribution in [3.63, 3.8) is 0 Å². The van der Waals surface area contributed by atoms with Gasteiger partial charge in [-0.2, -0.15) is 0 Å². The number of hydrogen-bond donors (Lipinski definition) is 1. The number of esters is 2. The van der Waals surface area contributed by atoms with E-state index in [1.54, 1.807) is 6.07 Å². The van der Waals surface area contributed by atoms with Gasteiger partial charge in [-0.05, 0) is 78.8 Å². The fourth-order valence-corrected chi connectivity index (χ4v) is 4.84. The highest BCUT2D eigenvalue weighted by molar-refractivity contribution is 6.09. The summed E-state index contributed by atoms with van der Waals surface area (Å²) in [6.45, 7) is 8.25. The van der Waals surface area contributed by atoms with E-state index in [0.29, 0.717) is 25.0 Å². The summed E-state index contributed by atoms with van der Waals surface area (Å²) in [5.74, 6) is -0.637. The van der Waals surface area contributed by atoms with Gasteiger partial charge in [0.1, 0.15) is 11.9 Å². The molecule has 1 aromatic heterocycles. The average Bonchev–Trinajstić information content (AvgIpc) is 3.43. The maximum absolute atomic E-state index is 12.6. The van der Waals surface area contributed by atoms with Crippen LogP contribution in [0.15, 0.2) is 71.5 Å². The number of carbonyl (C=O) groups is 2. The molecule has 4 aromatic rings. The van der Waals surface area contributed by atoms with Crippen LogP contribution >= 0.6 is 0 Å². The van der Waals surface area contributed by atoms with Gasteiger partial charge in [0.2, 0.25) is 0 Å². The molecule has 0 saturated heterocycles. The molecule has 0 amide bonds. The number of ether oxygens (including phenoxy) is 2. The molecule has 0 bridgehead atoms. The molecule has 0 fully saturated rings. The van der Waals surface area contributed by atoms with E-state index >= 15 is 0 Å². The van der Waals surface area contributed by atoms with E-state index in [9.17, 15) is 9.59 Å². The molecule has 0 aliphatic heterocycles. The fourth-order valence-electron chi connectivity index (χ4n) is 4.84. The third-order valence-corrected chi connectivity index (χ3v) is 6.69. The van der Waals surface area contributed by atoms with Crippen molar-refractivity contribution in [2.75, 3.05) is 6.61 Å². The average molecular weight is 516 g/mol. The highest BCUT2D eigenvalue weighted by Crippen LogP contribution is 2.39. The first-order valence-corrected chi connectivity index (χ1v) is 13.3. The molecule has 6 heteroatoms. The second-order valence-corrected chi connectivity index (χ2v) is 10.8. The summed E-state index contributed by atoms with van der Waals surface area (Å²) in [6.07, 6.45) is 6.10. The van der Waals surface area contributed by atoms with Gasteiger partial charge in [-0.3, -0.25) is 4.79 Å². The number of hydrogen-bond acceptors (Lipinski definition) is 6. The van der Waals surface area contributed by atoms with Crippen LogP contribution in [0.5, 0.6) is 0 Å². The third-order valence-electron chi connectivity index (χ3n) is 6.69. The van der Waals surface area contributed by atoms with Gasteiger partial charge >= 0.3 is 11.9 Å². The predicted molar refractivity (Wildman–Crippen MR) is 150 cm³/mol. The summed E-state index contributed by atoms with van der Waals surface area (Å²) >= 11 is 0. The molecule has 38 heavy (non-hydrogen) atoms. The Morgan fingerprint density at radius 2 is 1.76 bits per heavy atom. The molecule has 2 unspecified atom stereocenters. The van der Waals surface area contributed by atoms with E-state index in [1.807, 2.05) is 27.7 Å². The van der Waals surface area contributed by atoms with E-state index in [4.69, 9.17) is 19.6 Å². The van der Waals surface area contributed by atoms with E-state index in [1.165, 1.54) is 39.6 Å². The molecular formula is C32H37NO5. The second-order valence-electron chi connectivity index (χ2n) is 10.8. The minimum absolute atomic E-state index is 0.132. The topological polar surface area (TPSA) is 91.8 Å². The molecule has 1 aliphatic carbocycles. The van der Waals surface area contributed by atoms with Crippen molar-refractivity contribution in [2.45, 2.75) is 65.0 Å². The lowest BCUT2D eigenvalue weighted by atomic mass is 9.78. The SMILES string of the molecule is CC(C)(C)OC(=O)C1Cc2c(ccc3c2ccc2ccccc23)C(N)C1.CCCCOC(=O)c1ccoc1. The Hall–Kier alpha value is -3.64. The summed E-state index contributed by atoms with van der Waals surface area (Å²) in [6, 6.07) is 18.5. The number of rotatable bonds is 5. The first-order valence-electron chi connectivity index (χ1n) is 13.3. The Balaban J connectivity index is 0.000000236. The van der Waals surface area contributed by atoms with Gasteiger partial charge in [0.15, 0.2) is 0 Å². The van der Waals surface area contributed by atoms with E-state index in [2.05, 4.69) is 48.5 Å². The molecule has 3 aromatic carbocycles. The van der Waals surface area contributed by atoms with Crippen molar-refractivity contribution in [2.24, 2.45) is 11.7 Å². The minimum atomic E-state index is -0.476. The fraction of sp³-hybridized carbons (Fsp3) is 0.375. The quantitative estimate of drug-likeness (QED) is 0.173. The number of carbonyl (C=O) groups excluding carboxylic acids is 2. The third kappa shape index (κ3) is 6.43. The second kappa shape index (κ2) is 11.8. The van der Waals surface area contributed by atoms with Crippen LogP contribution in [0.3, 0.4) is 0 Å². The number of fused-ring (bicyclic) bond motifs is 5. The summed E-state index contributed by atoms with van der Waals surface area (Å²) in [7, 11) is 0. The zero-order valence-corrected chi connectivity index (χ0v) is 22.7. The molecule has 1 aliphatic rings. The Morgan fingerprint density at radius 3 is 2.47 bits per heavy atom. The zero-order chi connectivity index (χ0) is 27.3. The van der Waals surface area contributed by atoms with Gasteiger partial charge < -0.3 is 19.6 Å². The maximum atomic E-state index is 12.6. The van der Waals surface area contributed by atoms with Crippen LogP contribution in [0.2, 0.25) is 0 Å². The Morgan fingerprint density at radius 1 is 1.00 bits per heavy atom. The normalized spacial score (nSPS) is 16.9. The molecule has 2 atom stereocenters. The van der Waals surface area contributed by atoms with Crippen molar-refractivity contribution in [3.8, 4) is 0 Å². The number of nitrogens with two attached hydrogens (primary N) is 1. The van der Waals surface area contributed by atoms with Crippen molar-refractivity contribution >= 4 is 33.5 Å². The Kier molecular flexibility index (Phi) is 8.52. The van der Waals surface area contributed by atoms with Crippen molar-refractivity contribution in [3.05, 3.63) is 83.8 Å². The van der Waals surface area contributed by atoms with E-state index < -0.39 is 5.60 Å². The van der Waals surface area contributed by atoms with Gasteiger partial charge in [-0.15, -0.1) is 0 Å². The van der Waals surface area contributed by atoms with Crippen LogP contribution in [-0.2, 0) is 20.7 Å². The standard InChI is InChI=1S/C23H25NO2.C9H12O3/c1-23(2,3)26-22(25)15-12-20-18-9-8-14-6-4-5-7-16(14)17(18)10-11-19(20)21(24)13-15;1-2-3-5-12-9(10)8-4-6-11-7-8/h4-11,15,21H,12-13,24H2,1-3H3;4,6-7H,2-3,5H2,1H3. The zero-order valence-electron chi connectivity index (χ0n) is 22.7. The lowest BCUT2D eigenvalue weighted by Crippen LogP contribution is -2.34. The Bertz CT molecular complexity index is 1400. The first-order chi connectivity index (χ1) is 18.2. The number of benzene rings is 3. The lowest BCUT2D eigenvalue weighted by molar-refractivity contribution is -0.160. The van der Waals surface area contributed by atoms with Crippen LogP contribution in [0.4, 0.5) is 0 Å². The Labute approximate surface area is 224 Å². The number of furan rings is 1. The molecule has 200 valence electrons. The summed E-state index contributed by atoms with van der Waals surface area (Å²) < 4.78 is 15.3. The van der Waals surface area contributed by atoms with E-state index in [0.717, 1.165) is 18.4 Å². The molecule has 2 N–H and O–H groups in total. The highest BCUT2D eigenvalue weighted by atomic mass is 16.6. The van der Waals surface area contributed by atoms with E-state index in [-0.39, 0.29) is 23.9 Å². The van der Waals surface area contributed by atoms with Crippen LogP contribution in [-0.4, -0.2) is 24.1 Å². The van der Waals surface area contributed by atoms with Gasteiger partial charge in [0.25, 0.3) is 0 Å². The van der Waals surface area contributed by atoms with Crippen LogP contribution in [0.25, 0.3) is 21.5 Å². The first kappa shape index (κ1) is 27.4. The van der Waals surface area contributed by atoms with Gasteiger partial charge in [-0.1, -0.05) is 61.9 Å². The van der Waals surface area contributed by atoms with Gasteiger partial charge in [0.05, 0.1) is 24.4 Å². The monoisotopic (exact) mass is 515 g/mol. The van der Waals surface area contributed by atoms with Crippen LogP contribution in [0.1, 0.15) is 74.5 Å². The molecule has 1 heterocycles. The lowest BCUT2D eigenvalue weighted by Gasteiger charge is -2.31. The molecule has 5 rings (SSSR count). The smallest absolute Gasteiger partial charge is 0.341 e. The van der Waals surface area contributed by atoms with Crippen LogP contribution in [0, 0.1) is 5.92 Å². The number of unbranched alkanes of at least 4 members (excludes halogenated alkanes) is 1. The highest BCUT2D eigenvalue weighted by Gasteiger charge is 2.33. The van der Waals surface area contributed by atoms with Crippen molar-refractivity contribution < 1.29 is 23.5 Å². The minimum Gasteiger partial charge on any atom is -0.472 e. The molecular weight excluding hydrogens is 478 g/mol. The predicted octanol–water partition coefficient (Wildman–Crippen LogP) is 7.13. The molecule has 0 radical (unpaired) electrons. The largest absolute Gasteiger partial charge is 0.472 e. The molecule has 0 spiro atoms. The van der Waals surface area contributed by atoms with Crippen LogP contribution < -0.4 is 5.73 Å².